The van der Waals surface area contributed by atoms with Gasteiger partial charge in [0.2, 0.25) is 0 Å². The zero-order chi connectivity index (χ0) is 16.1. The van der Waals surface area contributed by atoms with E-state index in [4.69, 9.17) is 9.47 Å². The summed E-state index contributed by atoms with van der Waals surface area (Å²) in [5.74, 6) is -0.293. The van der Waals surface area contributed by atoms with E-state index in [1.165, 1.54) is 12.1 Å². The van der Waals surface area contributed by atoms with Crippen LogP contribution < -0.4 is 9.75 Å². The molecular weight excluding hydrogens is 288 g/mol. The van der Waals surface area contributed by atoms with Crippen molar-refractivity contribution < 1.29 is 23.8 Å². The van der Waals surface area contributed by atoms with Crippen LogP contribution in [0.25, 0.3) is 0 Å². The van der Waals surface area contributed by atoms with Gasteiger partial charge in [-0.25, -0.2) is 9.59 Å². The van der Waals surface area contributed by atoms with E-state index in [1.807, 2.05) is 0 Å². The topological polar surface area (TPSA) is 77.4 Å². The van der Waals surface area contributed by atoms with Gasteiger partial charge >= 0.3 is 11.9 Å². The molecule has 0 saturated heterocycles. The highest BCUT2D eigenvalue weighted by molar-refractivity contribution is 6.38. The highest BCUT2D eigenvalue weighted by Gasteiger charge is 2.37. The summed E-state index contributed by atoms with van der Waals surface area (Å²) in [6.45, 7) is 1.99. The molecule has 0 bridgehead atoms. The van der Waals surface area contributed by atoms with E-state index in [2.05, 4.69) is 9.84 Å². The van der Waals surface area contributed by atoms with Crippen molar-refractivity contribution in [3.05, 3.63) is 24.3 Å². The van der Waals surface area contributed by atoms with E-state index in [9.17, 15) is 9.59 Å². The van der Waals surface area contributed by atoms with E-state index in [0.29, 0.717) is 11.4 Å². The number of methoxy groups -OCH3 is 2. The van der Waals surface area contributed by atoms with Crippen molar-refractivity contribution in [2.75, 3.05) is 25.8 Å². The van der Waals surface area contributed by atoms with Crippen LogP contribution >= 0.6 is 0 Å². The summed E-state index contributed by atoms with van der Waals surface area (Å²) in [6.07, 6.45) is 0.150. The van der Waals surface area contributed by atoms with Crippen LogP contribution in [0.15, 0.2) is 29.4 Å². The second-order valence-corrected chi connectivity index (χ2v) is 4.55. The molecule has 0 fully saturated rings. The van der Waals surface area contributed by atoms with Crippen LogP contribution in [-0.4, -0.2) is 44.5 Å². The first-order valence-electron chi connectivity index (χ1n) is 6.86. The number of hydrazone groups is 1. The lowest BCUT2D eigenvalue weighted by Gasteiger charge is -2.21. The largest absolute Gasteiger partial charge is 0.497 e. The Morgan fingerprint density at radius 2 is 1.95 bits per heavy atom. The summed E-state index contributed by atoms with van der Waals surface area (Å²) < 4.78 is 14.8. The third kappa shape index (κ3) is 3.19. The average Bonchev–Trinajstić information content (AvgIpc) is 2.99. The molecule has 0 aromatic heterocycles. The summed E-state index contributed by atoms with van der Waals surface area (Å²) in [5.41, 5.74) is 0.856. The van der Waals surface area contributed by atoms with Crippen LogP contribution in [0.4, 0.5) is 5.69 Å². The van der Waals surface area contributed by atoms with E-state index in [-0.39, 0.29) is 18.7 Å². The maximum Gasteiger partial charge on any atom is 0.354 e. The molecule has 0 radical (unpaired) electrons. The lowest BCUT2D eigenvalue weighted by molar-refractivity contribution is -0.144. The van der Waals surface area contributed by atoms with Gasteiger partial charge in [-0.3, -0.25) is 5.01 Å². The van der Waals surface area contributed by atoms with Crippen molar-refractivity contribution in [2.24, 2.45) is 5.10 Å². The number of hydrogen-bond acceptors (Lipinski definition) is 7. The first-order valence-corrected chi connectivity index (χ1v) is 6.86. The molecular formula is C15H18N2O5. The lowest BCUT2D eigenvalue weighted by atomic mass is 10.1. The lowest BCUT2D eigenvalue weighted by Crippen LogP contribution is -2.36. The Morgan fingerprint density at radius 3 is 2.50 bits per heavy atom. The molecule has 1 aromatic carbocycles. The molecule has 0 aliphatic carbocycles. The molecule has 0 spiro atoms. The third-order valence-corrected chi connectivity index (χ3v) is 3.23. The molecule has 7 nitrogen and oxygen atoms in total. The first-order chi connectivity index (χ1) is 10.6. The molecule has 2 rings (SSSR count). The van der Waals surface area contributed by atoms with Crippen LogP contribution in [0.3, 0.4) is 0 Å². The molecule has 0 amide bonds. The van der Waals surface area contributed by atoms with Gasteiger partial charge in [-0.1, -0.05) is 0 Å². The summed E-state index contributed by atoms with van der Waals surface area (Å²) >= 11 is 0. The Hall–Kier alpha value is -2.57. The van der Waals surface area contributed by atoms with Gasteiger partial charge in [0.25, 0.3) is 0 Å². The predicted molar refractivity (Wildman–Crippen MR) is 80.0 cm³/mol. The summed E-state index contributed by atoms with van der Waals surface area (Å²) in [5, 5.41) is 5.68. The van der Waals surface area contributed by atoms with Gasteiger partial charge < -0.3 is 14.2 Å². The molecule has 7 heteroatoms. The fourth-order valence-corrected chi connectivity index (χ4v) is 2.15. The molecule has 1 heterocycles. The predicted octanol–water partition coefficient (Wildman–Crippen LogP) is 1.37. The van der Waals surface area contributed by atoms with Gasteiger partial charge in [0.05, 0.1) is 26.5 Å². The van der Waals surface area contributed by atoms with Crippen molar-refractivity contribution in [3.63, 3.8) is 0 Å². The zero-order valence-corrected chi connectivity index (χ0v) is 12.7. The van der Waals surface area contributed by atoms with Gasteiger partial charge in [0.1, 0.15) is 11.5 Å². The number of carbonyl (C=O) groups excluding carboxylic acids is 2. The molecule has 22 heavy (non-hydrogen) atoms. The van der Waals surface area contributed by atoms with Gasteiger partial charge in [-0.15, -0.1) is 0 Å². The minimum absolute atomic E-state index is 0.150. The monoisotopic (exact) mass is 306 g/mol. The van der Waals surface area contributed by atoms with Crippen molar-refractivity contribution in [3.8, 4) is 5.75 Å². The van der Waals surface area contributed by atoms with E-state index < -0.39 is 18.0 Å². The van der Waals surface area contributed by atoms with Crippen LogP contribution in [0.1, 0.15) is 13.3 Å². The zero-order valence-electron chi connectivity index (χ0n) is 12.7. The summed E-state index contributed by atoms with van der Waals surface area (Å²) in [7, 11) is 2.85. The Kier molecular flexibility index (Phi) is 4.98. The third-order valence-electron chi connectivity index (χ3n) is 3.23. The first kappa shape index (κ1) is 15.8. The maximum absolute atomic E-state index is 12.1. The van der Waals surface area contributed by atoms with Gasteiger partial charge in [0.15, 0.2) is 6.04 Å². The number of carbonyl (C=O) groups is 2. The van der Waals surface area contributed by atoms with Crippen molar-refractivity contribution in [1.29, 1.82) is 0 Å². The second kappa shape index (κ2) is 6.93. The average molecular weight is 306 g/mol. The van der Waals surface area contributed by atoms with E-state index >= 15 is 0 Å². The standard InChI is InChI=1S/C15H18N2O5/c1-4-22-15(19)13-9-12(14(18)21-3)16-17(13)10-5-7-11(20-2)8-6-10/h5-8,13H,4,9H2,1-3H3. The number of hydrogen-bond donors (Lipinski definition) is 0. The van der Waals surface area contributed by atoms with Crippen molar-refractivity contribution >= 4 is 23.3 Å². The van der Waals surface area contributed by atoms with Gasteiger partial charge in [-0.05, 0) is 31.2 Å². The minimum atomic E-state index is -0.678. The van der Waals surface area contributed by atoms with Crippen LogP contribution in [-0.2, 0) is 19.1 Å². The normalized spacial score (nSPS) is 17.0. The molecule has 118 valence electrons. The smallest absolute Gasteiger partial charge is 0.354 e. The summed E-state index contributed by atoms with van der Waals surface area (Å²) in [6, 6.07) is 6.35. The highest BCUT2D eigenvalue weighted by Crippen LogP contribution is 2.27. The molecule has 1 aliphatic heterocycles. The van der Waals surface area contributed by atoms with E-state index in [1.54, 1.807) is 38.3 Å². The fraction of sp³-hybridized carbons (Fsp3) is 0.400. The maximum atomic E-state index is 12.1. The number of esters is 2. The Morgan fingerprint density at radius 1 is 1.27 bits per heavy atom. The Bertz CT molecular complexity index is 582. The number of benzene rings is 1. The molecule has 0 saturated carbocycles. The highest BCUT2D eigenvalue weighted by atomic mass is 16.5. The fourth-order valence-electron chi connectivity index (χ4n) is 2.15. The van der Waals surface area contributed by atoms with E-state index in [0.717, 1.165) is 0 Å². The number of anilines is 1. The van der Waals surface area contributed by atoms with Crippen LogP contribution in [0.2, 0.25) is 0 Å². The van der Waals surface area contributed by atoms with Crippen molar-refractivity contribution in [1.82, 2.24) is 0 Å². The molecule has 1 aliphatic rings. The summed E-state index contributed by atoms with van der Waals surface area (Å²) in [4.78, 5) is 23.8. The minimum Gasteiger partial charge on any atom is -0.497 e. The molecule has 0 N–H and O–H groups in total. The molecule has 1 unspecified atom stereocenters. The van der Waals surface area contributed by atoms with Gasteiger partial charge in [-0.2, -0.15) is 5.10 Å². The number of rotatable bonds is 5. The number of nitrogens with zero attached hydrogens (tertiary/aromatic N) is 2. The quantitative estimate of drug-likeness (QED) is 0.765. The Labute approximate surface area is 128 Å². The number of ether oxygens (including phenoxy) is 3. The van der Waals surface area contributed by atoms with Crippen LogP contribution in [0, 0.1) is 0 Å². The molecule has 1 atom stereocenters. The second-order valence-electron chi connectivity index (χ2n) is 4.55. The van der Waals surface area contributed by atoms with Gasteiger partial charge in [0, 0.05) is 6.42 Å². The van der Waals surface area contributed by atoms with Crippen molar-refractivity contribution in [2.45, 2.75) is 19.4 Å². The molecule has 1 aromatic rings. The Balaban J connectivity index is 2.30. The SMILES string of the molecule is CCOC(=O)C1CC(C(=O)OC)=NN1c1ccc(OC)cc1. The van der Waals surface area contributed by atoms with Crippen LogP contribution in [0.5, 0.6) is 5.75 Å².